The van der Waals surface area contributed by atoms with Gasteiger partial charge in [-0.2, -0.15) is 0 Å². The highest BCUT2D eigenvalue weighted by Crippen LogP contribution is 2.39. The van der Waals surface area contributed by atoms with Gasteiger partial charge in [0.2, 0.25) is 0 Å². The number of methoxy groups -OCH3 is 1. The van der Waals surface area contributed by atoms with Crippen LogP contribution in [0.4, 0.5) is 5.82 Å². The summed E-state index contributed by atoms with van der Waals surface area (Å²) in [4.78, 5) is 19.6. The molecule has 0 radical (unpaired) electrons. The van der Waals surface area contributed by atoms with E-state index in [1.54, 1.807) is 6.20 Å². The van der Waals surface area contributed by atoms with Gasteiger partial charge in [-0.25, -0.2) is 9.78 Å². The first-order chi connectivity index (χ1) is 9.28. The van der Waals surface area contributed by atoms with Crippen molar-refractivity contribution >= 4 is 11.8 Å². The molecule has 1 aliphatic carbocycles. The van der Waals surface area contributed by atoms with Gasteiger partial charge in [-0.3, -0.25) is 4.98 Å². The molecule has 1 N–H and O–H groups in total. The number of nitrogens with one attached hydrogen (secondary N) is 1. The summed E-state index contributed by atoms with van der Waals surface area (Å²) >= 11 is 0. The predicted octanol–water partition coefficient (Wildman–Crippen LogP) is 1.24. The number of anilines is 1. The van der Waals surface area contributed by atoms with Crippen LogP contribution >= 0.6 is 0 Å². The molecule has 102 valence electrons. The Morgan fingerprint density at radius 3 is 3.00 bits per heavy atom. The van der Waals surface area contributed by atoms with Gasteiger partial charge in [0.1, 0.15) is 5.82 Å². The summed E-state index contributed by atoms with van der Waals surface area (Å²) in [6, 6.07) is 0.259. The van der Waals surface area contributed by atoms with E-state index >= 15 is 0 Å². The van der Waals surface area contributed by atoms with Crippen molar-refractivity contribution in [2.45, 2.75) is 31.4 Å². The van der Waals surface area contributed by atoms with Gasteiger partial charge in [0.25, 0.3) is 0 Å². The van der Waals surface area contributed by atoms with Crippen LogP contribution < -0.4 is 5.32 Å². The second kappa shape index (κ2) is 5.13. The number of hydrogen-bond acceptors (Lipinski definition) is 6. The van der Waals surface area contributed by atoms with E-state index < -0.39 is 5.97 Å². The van der Waals surface area contributed by atoms with Gasteiger partial charge < -0.3 is 14.8 Å². The first kappa shape index (κ1) is 12.3. The molecular weight excluding hydrogens is 246 g/mol. The first-order valence-corrected chi connectivity index (χ1v) is 6.56. The summed E-state index contributed by atoms with van der Waals surface area (Å²) in [6.07, 6.45) is 6.75. The van der Waals surface area contributed by atoms with Crippen molar-refractivity contribution in [1.29, 1.82) is 0 Å². The third-order valence-electron chi connectivity index (χ3n) is 3.58. The summed E-state index contributed by atoms with van der Waals surface area (Å²) in [5.41, 5.74) is 0.217. The Labute approximate surface area is 111 Å². The molecule has 2 aliphatic rings. The van der Waals surface area contributed by atoms with Gasteiger partial charge >= 0.3 is 5.97 Å². The molecule has 6 heteroatoms. The average molecular weight is 263 g/mol. The number of carbonyl (C=O) groups is 1. The quantitative estimate of drug-likeness (QED) is 0.824. The van der Waals surface area contributed by atoms with Crippen LogP contribution in [-0.2, 0) is 9.47 Å². The Bertz CT molecular complexity index is 476. The minimum Gasteiger partial charge on any atom is -0.464 e. The maximum absolute atomic E-state index is 11.4. The molecule has 1 saturated carbocycles. The molecule has 0 bridgehead atoms. The van der Waals surface area contributed by atoms with E-state index in [1.807, 2.05) is 0 Å². The van der Waals surface area contributed by atoms with Gasteiger partial charge in [0, 0.05) is 6.61 Å². The van der Waals surface area contributed by atoms with Crippen LogP contribution in [0.15, 0.2) is 12.4 Å². The van der Waals surface area contributed by atoms with E-state index in [1.165, 1.54) is 26.1 Å². The zero-order valence-corrected chi connectivity index (χ0v) is 10.8. The van der Waals surface area contributed by atoms with Crippen LogP contribution in [0, 0.1) is 5.92 Å². The lowest BCUT2D eigenvalue weighted by molar-refractivity contribution is 0.0593. The maximum atomic E-state index is 11.4. The van der Waals surface area contributed by atoms with Crippen molar-refractivity contribution in [3.05, 3.63) is 18.1 Å². The van der Waals surface area contributed by atoms with Crippen LogP contribution in [0.5, 0.6) is 0 Å². The van der Waals surface area contributed by atoms with Crippen LogP contribution in [-0.4, -0.2) is 41.8 Å². The van der Waals surface area contributed by atoms with E-state index in [4.69, 9.17) is 4.74 Å². The third-order valence-corrected chi connectivity index (χ3v) is 3.58. The fraction of sp³-hybridized carbons (Fsp3) is 0.615. The minimum atomic E-state index is -0.474. The molecule has 19 heavy (non-hydrogen) atoms. The van der Waals surface area contributed by atoms with E-state index in [9.17, 15) is 4.79 Å². The van der Waals surface area contributed by atoms with Crippen molar-refractivity contribution < 1.29 is 14.3 Å². The maximum Gasteiger partial charge on any atom is 0.358 e. The molecule has 1 saturated heterocycles. The summed E-state index contributed by atoms with van der Waals surface area (Å²) in [6.45, 7) is 0.781. The highest BCUT2D eigenvalue weighted by Gasteiger charge is 2.40. The Morgan fingerprint density at radius 1 is 1.42 bits per heavy atom. The fourth-order valence-electron chi connectivity index (χ4n) is 2.48. The second-order valence-corrected chi connectivity index (χ2v) is 4.99. The molecule has 0 spiro atoms. The first-order valence-electron chi connectivity index (χ1n) is 6.56. The number of hydrogen-bond donors (Lipinski definition) is 1. The van der Waals surface area contributed by atoms with Crippen molar-refractivity contribution in [3.63, 3.8) is 0 Å². The molecule has 1 aromatic rings. The zero-order chi connectivity index (χ0) is 13.2. The summed E-state index contributed by atoms with van der Waals surface area (Å²) in [5.74, 6) is 0.804. The Morgan fingerprint density at radius 2 is 2.26 bits per heavy atom. The monoisotopic (exact) mass is 263 g/mol. The topological polar surface area (TPSA) is 73.3 Å². The number of ether oxygens (including phenoxy) is 2. The highest BCUT2D eigenvalue weighted by molar-refractivity contribution is 5.87. The number of carbonyl (C=O) groups excluding carboxylic acids is 1. The van der Waals surface area contributed by atoms with Crippen molar-refractivity contribution in [3.8, 4) is 0 Å². The van der Waals surface area contributed by atoms with Gasteiger partial charge in [-0.05, 0) is 25.2 Å². The predicted molar refractivity (Wildman–Crippen MR) is 67.9 cm³/mol. The molecule has 3 rings (SSSR count). The smallest absolute Gasteiger partial charge is 0.358 e. The molecule has 1 aromatic heterocycles. The van der Waals surface area contributed by atoms with Gasteiger partial charge in [0.05, 0.1) is 31.6 Å². The molecule has 2 atom stereocenters. The standard InChI is InChI=1S/C13H17N3O3/c1-18-13(17)10-6-14-7-11(16-10)15-9-4-5-19-12(9)8-2-3-8/h6-9,12H,2-5H2,1H3,(H,15,16). The largest absolute Gasteiger partial charge is 0.464 e. The highest BCUT2D eigenvalue weighted by atomic mass is 16.5. The van der Waals surface area contributed by atoms with Gasteiger partial charge in [-0.15, -0.1) is 0 Å². The summed E-state index contributed by atoms with van der Waals surface area (Å²) in [7, 11) is 1.33. The molecule has 6 nitrogen and oxygen atoms in total. The van der Waals surface area contributed by atoms with Crippen LogP contribution in [0.3, 0.4) is 0 Å². The Hall–Kier alpha value is -1.69. The third kappa shape index (κ3) is 2.68. The van der Waals surface area contributed by atoms with Crippen LogP contribution in [0.2, 0.25) is 0 Å². The average Bonchev–Trinajstić information content (AvgIpc) is 3.19. The Balaban J connectivity index is 1.70. The SMILES string of the molecule is COC(=O)c1cncc(NC2CCOC2C2CC2)n1. The molecule has 2 unspecified atom stereocenters. The lowest BCUT2D eigenvalue weighted by Gasteiger charge is -2.19. The summed E-state index contributed by atoms with van der Waals surface area (Å²) < 4.78 is 10.4. The van der Waals surface area contributed by atoms with Gasteiger partial charge in [0.15, 0.2) is 5.69 Å². The molecule has 2 fully saturated rings. The molecule has 2 heterocycles. The van der Waals surface area contributed by atoms with Gasteiger partial charge in [-0.1, -0.05) is 0 Å². The number of nitrogens with zero attached hydrogens (tertiary/aromatic N) is 2. The number of rotatable bonds is 4. The normalized spacial score (nSPS) is 26.2. The lowest BCUT2D eigenvalue weighted by atomic mass is 10.1. The molecule has 1 aliphatic heterocycles. The number of esters is 1. The Kier molecular flexibility index (Phi) is 3.33. The minimum absolute atomic E-state index is 0.217. The van der Waals surface area contributed by atoms with Crippen molar-refractivity contribution in [2.75, 3.05) is 19.0 Å². The number of aromatic nitrogens is 2. The second-order valence-electron chi connectivity index (χ2n) is 4.99. The molecular formula is C13H17N3O3. The van der Waals surface area contributed by atoms with E-state index in [-0.39, 0.29) is 17.8 Å². The fourth-order valence-corrected chi connectivity index (χ4v) is 2.48. The molecule has 0 amide bonds. The van der Waals surface area contributed by atoms with E-state index in [0.29, 0.717) is 11.7 Å². The van der Waals surface area contributed by atoms with Crippen molar-refractivity contribution in [2.24, 2.45) is 5.92 Å². The summed E-state index contributed by atoms with van der Waals surface area (Å²) in [5, 5.41) is 3.33. The lowest BCUT2D eigenvalue weighted by Crippen LogP contribution is -2.31. The van der Waals surface area contributed by atoms with Crippen LogP contribution in [0.1, 0.15) is 29.8 Å². The van der Waals surface area contributed by atoms with E-state index in [2.05, 4.69) is 20.0 Å². The van der Waals surface area contributed by atoms with Crippen LogP contribution in [0.25, 0.3) is 0 Å². The van der Waals surface area contributed by atoms with E-state index in [0.717, 1.165) is 13.0 Å². The molecule has 0 aromatic carbocycles. The zero-order valence-electron chi connectivity index (χ0n) is 10.8. The van der Waals surface area contributed by atoms with Crippen molar-refractivity contribution in [1.82, 2.24) is 9.97 Å².